The summed E-state index contributed by atoms with van der Waals surface area (Å²) in [5, 5.41) is 14.7. The Morgan fingerprint density at radius 1 is 1.48 bits per heavy atom. The van der Waals surface area contributed by atoms with Gasteiger partial charge in [-0.05, 0) is 39.4 Å². The van der Waals surface area contributed by atoms with Crippen molar-refractivity contribution in [2.45, 2.75) is 19.9 Å². The molecule has 2 amide bonds. The maximum absolute atomic E-state index is 12.0. The van der Waals surface area contributed by atoms with Crippen LogP contribution in [0.5, 0.6) is 0 Å². The average Bonchev–Trinajstić information content (AvgIpc) is 3.04. The number of carbonyl (C=O) groups excluding carboxylic acids is 1. The van der Waals surface area contributed by atoms with E-state index in [1.807, 2.05) is 39.4 Å². The van der Waals surface area contributed by atoms with Gasteiger partial charge in [0, 0.05) is 11.4 Å². The van der Waals surface area contributed by atoms with E-state index in [-0.39, 0.29) is 12.1 Å². The molecule has 0 saturated heterocycles. The highest BCUT2D eigenvalue weighted by atomic mass is 32.1. The molecule has 2 rings (SSSR count). The molecule has 7 heteroatoms. The molecule has 0 bridgehead atoms. The first-order chi connectivity index (χ1) is 9.99. The number of urea groups is 1. The van der Waals surface area contributed by atoms with Crippen LogP contribution in [-0.2, 0) is 0 Å². The summed E-state index contributed by atoms with van der Waals surface area (Å²) >= 11 is 1.69. The molecule has 1 unspecified atom stereocenters. The summed E-state index contributed by atoms with van der Waals surface area (Å²) in [6.45, 7) is 4.28. The van der Waals surface area contributed by atoms with Crippen LogP contribution < -0.4 is 10.6 Å². The number of thiophene rings is 1. The summed E-state index contributed by atoms with van der Waals surface area (Å²) in [4.78, 5) is 15.4. The Balaban J connectivity index is 1.94. The van der Waals surface area contributed by atoms with Crippen LogP contribution >= 0.6 is 11.3 Å². The van der Waals surface area contributed by atoms with E-state index in [0.717, 1.165) is 17.1 Å². The molecule has 2 aromatic heterocycles. The highest BCUT2D eigenvalue weighted by Crippen LogP contribution is 2.22. The van der Waals surface area contributed by atoms with Crippen LogP contribution in [0.1, 0.15) is 22.3 Å². The van der Waals surface area contributed by atoms with E-state index in [2.05, 4.69) is 31.8 Å². The van der Waals surface area contributed by atoms with Gasteiger partial charge in [0.1, 0.15) is 0 Å². The molecule has 114 valence electrons. The number of carbonyl (C=O) groups is 1. The zero-order valence-corrected chi connectivity index (χ0v) is 13.5. The van der Waals surface area contributed by atoms with Crippen LogP contribution in [0.25, 0.3) is 0 Å². The fourth-order valence-corrected chi connectivity index (χ4v) is 3.02. The van der Waals surface area contributed by atoms with E-state index in [1.165, 1.54) is 4.88 Å². The van der Waals surface area contributed by atoms with Gasteiger partial charge in [-0.25, -0.2) is 4.79 Å². The van der Waals surface area contributed by atoms with E-state index in [1.54, 1.807) is 11.3 Å². The number of H-pyrrole nitrogens is 1. The van der Waals surface area contributed by atoms with Gasteiger partial charge in [0.2, 0.25) is 0 Å². The third-order valence-corrected chi connectivity index (χ3v) is 4.29. The van der Waals surface area contributed by atoms with Crippen molar-refractivity contribution >= 4 is 23.1 Å². The summed E-state index contributed by atoms with van der Waals surface area (Å²) in [7, 11) is 4.02. The van der Waals surface area contributed by atoms with Crippen molar-refractivity contribution in [3.8, 4) is 0 Å². The zero-order chi connectivity index (χ0) is 15.4. The minimum absolute atomic E-state index is 0.169. The number of aromatic amines is 1. The lowest BCUT2D eigenvalue weighted by Gasteiger charge is -2.23. The van der Waals surface area contributed by atoms with Gasteiger partial charge in [-0.3, -0.25) is 5.10 Å². The lowest BCUT2D eigenvalue weighted by Crippen LogP contribution is -2.36. The minimum atomic E-state index is -0.217. The second kappa shape index (κ2) is 6.73. The molecule has 0 aliphatic carbocycles. The first-order valence-corrected chi connectivity index (χ1v) is 7.63. The molecule has 1 atom stereocenters. The Labute approximate surface area is 128 Å². The van der Waals surface area contributed by atoms with Crippen LogP contribution in [-0.4, -0.2) is 41.8 Å². The normalized spacial score (nSPS) is 12.4. The molecule has 0 aliphatic heterocycles. The van der Waals surface area contributed by atoms with Crippen molar-refractivity contribution < 1.29 is 4.79 Å². The molecule has 0 fully saturated rings. The van der Waals surface area contributed by atoms with Crippen molar-refractivity contribution in [2.75, 3.05) is 26.0 Å². The van der Waals surface area contributed by atoms with Gasteiger partial charge < -0.3 is 15.5 Å². The molecule has 3 N–H and O–H groups in total. The number of anilines is 1. The molecule has 0 radical (unpaired) electrons. The Morgan fingerprint density at radius 3 is 2.76 bits per heavy atom. The lowest BCUT2D eigenvalue weighted by molar-refractivity contribution is 0.244. The van der Waals surface area contributed by atoms with Gasteiger partial charge >= 0.3 is 6.03 Å². The molecule has 0 aromatic carbocycles. The van der Waals surface area contributed by atoms with Crippen molar-refractivity contribution in [3.63, 3.8) is 0 Å². The standard InChI is InChI=1S/C14H21N5OS/c1-9-13(10(2)18-17-9)16-14(20)15-8-11(19(3)4)12-6-5-7-21-12/h5-7,11H,8H2,1-4H3,(H,17,18)(H2,15,16,20). The largest absolute Gasteiger partial charge is 0.336 e. The fraction of sp³-hybridized carbons (Fsp3) is 0.429. The maximum atomic E-state index is 12.0. The molecular formula is C14H21N5OS. The van der Waals surface area contributed by atoms with Gasteiger partial charge in [-0.15, -0.1) is 11.3 Å². The summed E-state index contributed by atoms with van der Waals surface area (Å²) < 4.78 is 0. The molecule has 0 spiro atoms. The van der Waals surface area contributed by atoms with E-state index in [0.29, 0.717) is 6.54 Å². The third-order valence-electron chi connectivity index (χ3n) is 3.32. The number of likely N-dealkylation sites (N-methyl/N-ethyl adjacent to an activating group) is 1. The number of rotatable bonds is 5. The van der Waals surface area contributed by atoms with Crippen LogP contribution in [0, 0.1) is 13.8 Å². The van der Waals surface area contributed by atoms with E-state index >= 15 is 0 Å². The minimum Gasteiger partial charge on any atom is -0.336 e. The Kier molecular flexibility index (Phi) is 4.98. The first kappa shape index (κ1) is 15.5. The average molecular weight is 307 g/mol. The summed E-state index contributed by atoms with van der Waals surface area (Å²) in [5.41, 5.74) is 2.38. The summed E-state index contributed by atoms with van der Waals surface area (Å²) in [6, 6.07) is 4.06. The van der Waals surface area contributed by atoms with Crippen molar-refractivity contribution in [1.82, 2.24) is 20.4 Å². The Morgan fingerprint density at radius 2 is 2.24 bits per heavy atom. The second-order valence-electron chi connectivity index (χ2n) is 5.14. The number of nitrogens with zero attached hydrogens (tertiary/aromatic N) is 2. The van der Waals surface area contributed by atoms with Crippen molar-refractivity contribution in [1.29, 1.82) is 0 Å². The number of hydrogen-bond acceptors (Lipinski definition) is 4. The molecule has 0 saturated carbocycles. The highest BCUT2D eigenvalue weighted by Gasteiger charge is 2.17. The van der Waals surface area contributed by atoms with E-state index in [9.17, 15) is 4.79 Å². The number of hydrogen-bond donors (Lipinski definition) is 3. The monoisotopic (exact) mass is 307 g/mol. The molecule has 0 aliphatic rings. The topological polar surface area (TPSA) is 73.0 Å². The quantitative estimate of drug-likeness (QED) is 0.794. The predicted molar refractivity (Wildman–Crippen MR) is 85.8 cm³/mol. The van der Waals surface area contributed by atoms with Crippen LogP contribution in [0.4, 0.5) is 10.5 Å². The van der Waals surface area contributed by atoms with Gasteiger partial charge in [0.25, 0.3) is 0 Å². The van der Waals surface area contributed by atoms with Crippen LogP contribution in [0.15, 0.2) is 17.5 Å². The summed E-state index contributed by atoms with van der Waals surface area (Å²) in [5.74, 6) is 0. The molecular weight excluding hydrogens is 286 g/mol. The van der Waals surface area contributed by atoms with Crippen LogP contribution in [0.3, 0.4) is 0 Å². The summed E-state index contributed by atoms with van der Waals surface area (Å²) in [6.07, 6.45) is 0. The van der Waals surface area contributed by atoms with Gasteiger partial charge in [-0.2, -0.15) is 5.10 Å². The molecule has 2 heterocycles. The van der Waals surface area contributed by atoms with Gasteiger partial charge in [0.15, 0.2) is 0 Å². The van der Waals surface area contributed by atoms with Crippen LogP contribution in [0.2, 0.25) is 0 Å². The Bertz CT molecular complexity index is 571. The van der Waals surface area contributed by atoms with E-state index in [4.69, 9.17) is 0 Å². The Hall–Kier alpha value is -1.86. The zero-order valence-electron chi connectivity index (χ0n) is 12.7. The molecule has 2 aromatic rings. The first-order valence-electron chi connectivity index (χ1n) is 6.75. The van der Waals surface area contributed by atoms with Gasteiger partial charge in [-0.1, -0.05) is 6.07 Å². The van der Waals surface area contributed by atoms with Crippen molar-refractivity contribution in [3.05, 3.63) is 33.8 Å². The van der Waals surface area contributed by atoms with Gasteiger partial charge in [0.05, 0.1) is 23.1 Å². The second-order valence-corrected chi connectivity index (χ2v) is 6.12. The lowest BCUT2D eigenvalue weighted by atomic mass is 10.2. The molecule has 6 nitrogen and oxygen atoms in total. The fourth-order valence-electron chi connectivity index (χ4n) is 2.10. The number of aromatic nitrogens is 2. The smallest absolute Gasteiger partial charge is 0.319 e. The number of aryl methyl sites for hydroxylation is 2. The SMILES string of the molecule is Cc1n[nH]c(C)c1NC(=O)NCC(c1cccs1)N(C)C. The molecule has 21 heavy (non-hydrogen) atoms. The highest BCUT2D eigenvalue weighted by molar-refractivity contribution is 7.10. The van der Waals surface area contributed by atoms with E-state index < -0.39 is 0 Å². The third kappa shape index (κ3) is 3.83. The number of amides is 2. The van der Waals surface area contributed by atoms with Crippen molar-refractivity contribution in [2.24, 2.45) is 0 Å². The number of nitrogens with one attached hydrogen (secondary N) is 3. The maximum Gasteiger partial charge on any atom is 0.319 e. The predicted octanol–water partition coefficient (Wildman–Crippen LogP) is 2.51.